The summed E-state index contributed by atoms with van der Waals surface area (Å²) in [4.78, 5) is 0. The van der Waals surface area contributed by atoms with Gasteiger partial charge in [-0.1, -0.05) is 20.8 Å². The van der Waals surface area contributed by atoms with Gasteiger partial charge in [-0.25, -0.2) is 8.78 Å². The van der Waals surface area contributed by atoms with Gasteiger partial charge >= 0.3 is 0 Å². The van der Waals surface area contributed by atoms with Crippen LogP contribution in [0.3, 0.4) is 0 Å². The summed E-state index contributed by atoms with van der Waals surface area (Å²) in [6, 6.07) is 2.65. The third-order valence-corrected chi connectivity index (χ3v) is 2.69. The van der Waals surface area contributed by atoms with Crippen LogP contribution < -0.4 is 0 Å². The van der Waals surface area contributed by atoms with Crippen molar-refractivity contribution in [2.45, 2.75) is 39.5 Å². The fourth-order valence-electron chi connectivity index (χ4n) is 1.47. The Morgan fingerprint density at radius 2 is 1.79 bits per heavy atom. The Kier molecular flexibility index (Phi) is 3.62. The average Bonchev–Trinajstić information content (AvgIpc) is 2.19. The molecule has 0 amide bonds. The van der Waals surface area contributed by atoms with Gasteiger partial charge in [-0.2, -0.15) is 0 Å². The van der Waals surface area contributed by atoms with Gasteiger partial charge in [0.15, 0.2) is 0 Å². The van der Waals surface area contributed by atoms with Crippen molar-refractivity contribution in [1.29, 1.82) is 0 Å². The van der Waals surface area contributed by atoms with E-state index in [2.05, 4.69) is 0 Å². The van der Waals surface area contributed by atoms with Crippen LogP contribution in [-0.4, -0.2) is 0 Å². The molecule has 1 unspecified atom stereocenters. The summed E-state index contributed by atoms with van der Waals surface area (Å²) in [6.45, 7) is 5.69. The molecule has 0 N–H and O–H groups in total. The van der Waals surface area contributed by atoms with Gasteiger partial charge in [0, 0.05) is 0 Å². The lowest BCUT2D eigenvalue weighted by Gasteiger charge is -2.11. The van der Waals surface area contributed by atoms with Crippen LogP contribution in [0.1, 0.15) is 44.2 Å². The van der Waals surface area contributed by atoms with Crippen molar-refractivity contribution in [3.63, 3.8) is 0 Å². The molecule has 0 spiro atoms. The van der Waals surface area contributed by atoms with E-state index in [1.54, 1.807) is 0 Å². The number of aryl methyl sites for hydroxylation is 1. The fraction of sp³-hybridized carbons (Fsp3) is 0.500. The highest BCUT2D eigenvalue weighted by atomic mass is 19.1. The maximum Gasteiger partial charge on any atom is 0.127 e. The Morgan fingerprint density at radius 1 is 1.14 bits per heavy atom. The number of hydrogen-bond acceptors (Lipinski definition) is 0. The molecule has 0 heterocycles. The van der Waals surface area contributed by atoms with Gasteiger partial charge in [0.2, 0.25) is 0 Å². The first-order valence-electron chi connectivity index (χ1n) is 5.07. The van der Waals surface area contributed by atoms with Crippen molar-refractivity contribution in [3.05, 3.63) is 34.9 Å². The SMILES string of the molecule is CCc1cc(F)c(C(C)CC)cc1F. The topological polar surface area (TPSA) is 0 Å². The molecule has 1 rings (SSSR count). The zero-order valence-corrected chi connectivity index (χ0v) is 8.90. The molecule has 78 valence electrons. The van der Waals surface area contributed by atoms with Crippen LogP contribution in [0.5, 0.6) is 0 Å². The molecule has 0 aromatic heterocycles. The van der Waals surface area contributed by atoms with Gasteiger partial charge in [0.05, 0.1) is 0 Å². The van der Waals surface area contributed by atoms with Crippen LogP contribution in [-0.2, 0) is 6.42 Å². The van der Waals surface area contributed by atoms with Gasteiger partial charge in [0.25, 0.3) is 0 Å². The number of benzene rings is 1. The van der Waals surface area contributed by atoms with Crippen LogP contribution in [0.25, 0.3) is 0 Å². The lowest BCUT2D eigenvalue weighted by atomic mass is 9.96. The molecule has 0 aliphatic rings. The predicted octanol–water partition coefficient (Wildman–Crippen LogP) is 4.04. The van der Waals surface area contributed by atoms with Crippen molar-refractivity contribution in [1.82, 2.24) is 0 Å². The van der Waals surface area contributed by atoms with Gasteiger partial charge in [0.1, 0.15) is 11.6 Å². The zero-order valence-electron chi connectivity index (χ0n) is 8.90. The first-order chi connectivity index (χ1) is 6.60. The molecule has 0 radical (unpaired) electrons. The smallest absolute Gasteiger partial charge is 0.127 e. The van der Waals surface area contributed by atoms with E-state index in [9.17, 15) is 8.78 Å². The second-order valence-corrected chi connectivity index (χ2v) is 3.63. The molecule has 1 aromatic carbocycles. The van der Waals surface area contributed by atoms with Crippen molar-refractivity contribution in [2.24, 2.45) is 0 Å². The second kappa shape index (κ2) is 4.54. The van der Waals surface area contributed by atoms with E-state index in [1.807, 2.05) is 20.8 Å². The monoisotopic (exact) mass is 198 g/mol. The lowest BCUT2D eigenvalue weighted by molar-refractivity contribution is 0.555. The number of halogens is 2. The highest BCUT2D eigenvalue weighted by Crippen LogP contribution is 2.24. The van der Waals surface area contributed by atoms with E-state index in [0.717, 1.165) is 6.42 Å². The van der Waals surface area contributed by atoms with Crippen molar-refractivity contribution in [3.8, 4) is 0 Å². The molecular weight excluding hydrogens is 182 g/mol. The quantitative estimate of drug-likeness (QED) is 0.687. The van der Waals surface area contributed by atoms with Gasteiger partial charge in [-0.3, -0.25) is 0 Å². The molecule has 0 saturated carbocycles. The minimum absolute atomic E-state index is 0.0791. The molecule has 14 heavy (non-hydrogen) atoms. The van der Waals surface area contributed by atoms with E-state index in [0.29, 0.717) is 17.5 Å². The van der Waals surface area contributed by atoms with E-state index in [4.69, 9.17) is 0 Å². The maximum atomic E-state index is 13.5. The third kappa shape index (κ3) is 2.11. The van der Waals surface area contributed by atoms with Crippen molar-refractivity contribution in [2.75, 3.05) is 0 Å². The first kappa shape index (κ1) is 11.2. The molecule has 0 fully saturated rings. The Morgan fingerprint density at radius 3 is 2.29 bits per heavy atom. The van der Waals surface area contributed by atoms with E-state index in [-0.39, 0.29) is 17.6 Å². The summed E-state index contributed by atoms with van der Waals surface area (Å²) >= 11 is 0. The average molecular weight is 198 g/mol. The summed E-state index contributed by atoms with van der Waals surface area (Å²) in [5, 5.41) is 0. The molecule has 0 nitrogen and oxygen atoms in total. The Bertz CT molecular complexity index is 318. The highest BCUT2D eigenvalue weighted by Gasteiger charge is 2.12. The van der Waals surface area contributed by atoms with Crippen LogP contribution in [0, 0.1) is 11.6 Å². The summed E-state index contributed by atoms with van der Waals surface area (Å²) in [5.74, 6) is -0.489. The molecule has 2 heteroatoms. The van der Waals surface area contributed by atoms with Gasteiger partial charge in [-0.15, -0.1) is 0 Å². The van der Waals surface area contributed by atoms with E-state index >= 15 is 0 Å². The number of hydrogen-bond donors (Lipinski definition) is 0. The normalized spacial score (nSPS) is 12.9. The molecule has 1 atom stereocenters. The van der Waals surface area contributed by atoms with Crippen molar-refractivity contribution < 1.29 is 8.78 Å². The molecule has 0 bridgehead atoms. The molecule has 0 saturated heterocycles. The minimum atomic E-state index is -0.288. The Balaban J connectivity index is 3.14. The summed E-state index contributed by atoms with van der Waals surface area (Å²) in [7, 11) is 0. The van der Waals surface area contributed by atoms with Crippen LogP contribution >= 0.6 is 0 Å². The van der Waals surface area contributed by atoms with E-state index in [1.165, 1.54) is 12.1 Å². The summed E-state index contributed by atoms with van der Waals surface area (Å²) < 4.78 is 26.8. The minimum Gasteiger partial charge on any atom is -0.207 e. The number of rotatable bonds is 3. The largest absolute Gasteiger partial charge is 0.207 e. The summed E-state index contributed by atoms with van der Waals surface area (Å²) in [6.07, 6.45) is 1.35. The van der Waals surface area contributed by atoms with Gasteiger partial charge < -0.3 is 0 Å². The second-order valence-electron chi connectivity index (χ2n) is 3.63. The van der Waals surface area contributed by atoms with Gasteiger partial charge in [-0.05, 0) is 42.0 Å². The van der Waals surface area contributed by atoms with E-state index < -0.39 is 0 Å². The fourth-order valence-corrected chi connectivity index (χ4v) is 1.47. The molecule has 1 aromatic rings. The zero-order chi connectivity index (χ0) is 10.7. The van der Waals surface area contributed by atoms with Crippen molar-refractivity contribution >= 4 is 0 Å². The first-order valence-corrected chi connectivity index (χ1v) is 5.07. The Hall–Kier alpha value is -0.920. The molecular formula is C12H16F2. The lowest BCUT2D eigenvalue weighted by Crippen LogP contribution is -2.00. The van der Waals surface area contributed by atoms with Crippen LogP contribution in [0.2, 0.25) is 0 Å². The molecule has 0 aliphatic heterocycles. The molecule has 0 aliphatic carbocycles. The maximum absolute atomic E-state index is 13.5. The highest BCUT2D eigenvalue weighted by molar-refractivity contribution is 5.28. The predicted molar refractivity (Wildman–Crippen MR) is 54.4 cm³/mol. The van der Waals surface area contributed by atoms with Crippen LogP contribution in [0.15, 0.2) is 12.1 Å². The Labute approximate surface area is 84.0 Å². The standard InChI is InChI=1S/C12H16F2/c1-4-8(3)10-7-11(13)9(5-2)6-12(10)14/h6-8H,4-5H2,1-3H3. The van der Waals surface area contributed by atoms with Crippen LogP contribution in [0.4, 0.5) is 8.78 Å². The summed E-state index contributed by atoms with van der Waals surface area (Å²) in [5.41, 5.74) is 0.941. The third-order valence-electron chi connectivity index (χ3n) is 2.69.